The minimum Gasteiger partial charge on any atom is -0.355 e. The number of nitrogens with one attached hydrogen (secondary N) is 1. The Bertz CT molecular complexity index is 1350. The van der Waals surface area contributed by atoms with Crippen molar-refractivity contribution in [1.82, 2.24) is 10.2 Å². The number of rotatable bonds is 10. The maximum absolute atomic E-state index is 13.7. The molecule has 0 bridgehead atoms. The second kappa shape index (κ2) is 12.2. The van der Waals surface area contributed by atoms with Gasteiger partial charge in [-0.15, -0.1) is 0 Å². The standard InChI is InChI=1S/C27H29ClFN3O4S/c1-4-30-27(34)20(3)31(17-21-11-13-22(29)14-12-21)26(33)18-32(25-8-6-5-7-24(25)28)37(35,36)23-15-9-19(2)10-16-23/h5-16,20H,4,17-18H2,1-3H3,(H,30,34)/t20-/m1/s1. The van der Waals surface area contributed by atoms with Gasteiger partial charge < -0.3 is 10.2 Å². The highest BCUT2D eigenvalue weighted by molar-refractivity contribution is 7.92. The molecule has 1 atom stereocenters. The minimum atomic E-state index is -4.21. The van der Waals surface area contributed by atoms with E-state index in [1.165, 1.54) is 53.4 Å². The third kappa shape index (κ3) is 6.87. The molecule has 7 nitrogen and oxygen atoms in total. The molecule has 0 aliphatic rings. The second-order valence-corrected chi connectivity index (χ2v) is 10.8. The molecule has 3 aromatic rings. The smallest absolute Gasteiger partial charge is 0.264 e. The van der Waals surface area contributed by atoms with Crippen LogP contribution in [-0.2, 0) is 26.2 Å². The van der Waals surface area contributed by atoms with E-state index >= 15 is 0 Å². The summed E-state index contributed by atoms with van der Waals surface area (Å²) < 4.78 is 41.9. The molecule has 0 fully saturated rings. The molecular formula is C27H29ClFN3O4S. The van der Waals surface area contributed by atoms with Gasteiger partial charge in [0.05, 0.1) is 15.6 Å². The third-order valence-electron chi connectivity index (χ3n) is 5.79. The Balaban J connectivity index is 2.03. The maximum atomic E-state index is 13.7. The van der Waals surface area contributed by atoms with Crippen molar-refractivity contribution >= 4 is 39.1 Å². The van der Waals surface area contributed by atoms with Gasteiger partial charge in [-0.05, 0) is 62.7 Å². The predicted octanol–water partition coefficient (Wildman–Crippen LogP) is 4.54. The van der Waals surface area contributed by atoms with Crippen molar-refractivity contribution in [2.75, 3.05) is 17.4 Å². The van der Waals surface area contributed by atoms with Crippen molar-refractivity contribution in [2.45, 2.75) is 38.3 Å². The molecule has 3 aromatic carbocycles. The molecule has 0 radical (unpaired) electrons. The summed E-state index contributed by atoms with van der Waals surface area (Å²) in [4.78, 5) is 27.7. The van der Waals surface area contributed by atoms with E-state index in [4.69, 9.17) is 11.6 Å². The lowest BCUT2D eigenvalue weighted by molar-refractivity contribution is -0.139. The first-order valence-corrected chi connectivity index (χ1v) is 13.5. The van der Waals surface area contributed by atoms with Gasteiger partial charge in [0.1, 0.15) is 18.4 Å². The van der Waals surface area contributed by atoms with Gasteiger partial charge in [-0.2, -0.15) is 0 Å². The Morgan fingerprint density at radius 2 is 1.62 bits per heavy atom. The third-order valence-corrected chi connectivity index (χ3v) is 7.89. The monoisotopic (exact) mass is 545 g/mol. The van der Waals surface area contributed by atoms with Gasteiger partial charge in [-0.3, -0.25) is 13.9 Å². The highest BCUT2D eigenvalue weighted by Gasteiger charge is 2.33. The van der Waals surface area contributed by atoms with E-state index in [-0.39, 0.29) is 22.2 Å². The molecule has 0 saturated carbocycles. The Labute approximate surface area is 221 Å². The van der Waals surface area contributed by atoms with Crippen LogP contribution >= 0.6 is 11.6 Å². The zero-order chi connectivity index (χ0) is 27.2. The lowest BCUT2D eigenvalue weighted by Crippen LogP contribution is -2.51. The van der Waals surface area contributed by atoms with E-state index in [9.17, 15) is 22.4 Å². The average molecular weight is 546 g/mol. The molecule has 0 unspecified atom stereocenters. The number of nitrogens with zero attached hydrogens (tertiary/aromatic N) is 2. The number of para-hydroxylation sites is 1. The fourth-order valence-corrected chi connectivity index (χ4v) is 5.42. The van der Waals surface area contributed by atoms with Crippen LogP contribution in [0, 0.1) is 12.7 Å². The molecular weight excluding hydrogens is 517 g/mol. The zero-order valence-electron chi connectivity index (χ0n) is 20.8. The summed E-state index contributed by atoms with van der Waals surface area (Å²) in [6.45, 7) is 4.87. The summed E-state index contributed by atoms with van der Waals surface area (Å²) in [5.41, 5.74) is 1.59. The lowest BCUT2D eigenvalue weighted by Gasteiger charge is -2.32. The molecule has 196 valence electrons. The molecule has 0 aromatic heterocycles. The summed E-state index contributed by atoms with van der Waals surface area (Å²) >= 11 is 6.37. The van der Waals surface area contributed by atoms with E-state index < -0.39 is 40.2 Å². The average Bonchev–Trinajstić information content (AvgIpc) is 2.87. The molecule has 0 spiro atoms. The number of benzene rings is 3. The van der Waals surface area contributed by atoms with Crippen LogP contribution in [0.3, 0.4) is 0 Å². The van der Waals surface area contributed by atoms with E-state index in [1.54, 1.807) is 38.1 Å². The van der Waals surface area contributed by atoms with Gasteiger partial charge in [-0.25, -0.2) is 12.8 Å². The molecule has 2 amide bonds. The molecule has 3 rings (SSSR count). The van der Waals surface area contributed by atoms with Crippen LogP contribution in [0.25, 0.3) is 0 Å². The number of carbonyl (C=O) groups is 2. The van der Waals surface area contributed by atoms with Crippen LogP contribution < -0.4 is 9.62 Å². The second-order valence-electron chi connectivity index (χ2n) is 8.49. The Kier molecular flexibility index (Phi) is 9.29. The van der Waals surface area contributed by atoms with Gasteiger partial charge in [-0.1, -0.05) is 53.6 Å². The number of anilines is 1. The fraction of sp³-hybridized carbons (Fsp3) is 0.259. The number of aryl methyl sites for hydroxylation is 1. The van der Waals surface area contributed by atoms with Gasteiger partial charge in [0.2, 0.25) is 11.8 Å². The summed E-state index contributed by atoms with van der Waals surface area (Å²) in [5, 5.41) is 2.83. The Morgan fingerprint density at radius 1 is 1.00 bits per heavy atom. The molecule has 0 heterocycles. The Hall–Kier alpha value is -3.43. The highest BCUT2D eigenvalue weighted by atomic mass is 35.5. The van der Waals surface area contributed by atoms with E-state index in [2.05, 4.69) is 5.32 Å². The largest absolute Gasteiger partial charge is 0.355 e. The molecule has 0 aliphatic carbocycles. The van der Waals surface area contributed by atoms with Crippen LogP contribution in [0.15, 0.2) is 77.7 Å². The maximum Gasteiger partial charge on any atom is 0.264 e. The predicted molar refractivity (Wildman–Crippen MR) is 142 cm³/mol. The van der Waals surface area contributed by atoms with E-state index in [0.29, 0.717) is 12.1 Å². The normalized spacial score (nSPS) is 12.0. The Morgan fingerprint density at radius 3 is 2.22 bits per heavy atom. The number of halogens is 2. The van der Waals surface area contributed by atoms with Crippen LogP contribution in [0.2, 0.25) is 5.02 Å². The van der Waals surface area contributed by atoms with Crippen molar-refractivity contribution in [3.63, 3.8) is 0 Å². The first kappa shape index (κ1) is 28.1. The van der Waals surface area contributed by atoms with Crippen LogP contribution in [0.4, 0.5) is 10.1 Å². The topological polar surface area (TPSA) is 86.8 Å². The van der Waals surface area contributed by atoms with Crippen molar-refractivity contribution in [2.24, 2.45) is 0 Å². The number of likely N-dealkylation sites (N-methyl/N-ethyl adjacent to an activating group) is 1. The van der Waals surface area contributed by atoms with Crippen molar-refractivity contribution in [3.05, 3.63) is 94.8 Å². The number of hydrogen-bond donors (Lipinski definition) is 1. The van der Waals surface area contributed by atoms with Gasteiger partial charge >= 0.3 is 0 Å². The zero-order valence-corrected chi connectivity index (χ0v) is 22.4. The first-order valence-electron chi connectivity index (χ1n) is 11.7. The van der Waals surface area contributed by atoms with Crippen LogP contribution in [0.5, 0.6) is 0 Å². The molecule has 0 saturated heterocycles. The number of sulfonamides is 1. The fourth-order valence-electron chi connectivity index (χ4n) is 3.70. The number of amides is 2. The van der Waals surface area contributed by atoms with Gasteiger partial charge in [0.25, 0.3) is 10.0 Å². The molecule has 10 heteroatoms. The van der Waals surface area contributed by atoms with Crippen molar-refractivity contribution in [1.29, 1.82) is 0 Å². The summed E-state index contributed by atoms with van der Waals surface area (Å²) in [6, 6.07) is 17.2. The molecule has 0 aliphatic heterocycles. The molecule has 1 N–H and O–H groups in total. The van der Waals surface area contributed by atoms with Crippen LogP contribution in [0.1, 0.15) is 25.0 Å². The SMILES string of the molecule is CCNC(=O)[C@@H](C)N(Cc1ccc(F)cc1)C(=O)CN(c1ccccc1Cl)S(=O)(=O)c1ccc(C)cc1. The molecule has 37 heavy (non-hydrogen) atoms. The lowest BCUT2D eigenvalue weighted by atomic mass is 10.1. The summed E-state index contributed by atoms with van der Waals surface area (Å²) in [7, 11) is -4.21. The van der Waals surface area contributed by atoms with Crippen molar-refractivity contribution in [3.8, 4) is 0 Å². The van der Waals surface area contributed by atoms with Gasteiger partial charge in [0.15, 0.2) is 0 Å². The summed E-state index contributed by atoms with van der Waals surface area (Å²) in [5.74, 6) is -1.46. The van der Waals surface area contributed by atoms with Crippen molar-refractivity contribution < 1.29 is 22.4 Å². The van der Waals surface area contributed by atoms with E-state index in [1.807, 2.05) is 6.92 Å². The number of hydrogen-bond acceptors (Lipinski definition) is 4. The quantitative estimate of drug-likeness (QED) is 0.405. The first-order chi connectivity index (χ1) is 17.5. The minimum absolute atomic E-state index is 0.00678. The number of carbonyl (C=O) groups excluding carboxylic acids is 2. The summed E-state index contributed by atoms with van der Waals surface area (Å²) in [6.07, 6.45) is 0. The highest BCUT2D eigenvalue weighted by Crippen LogP contribution is 2.30. The van der Waals surface area contributed by atoms with E-state index in [0.717, 1.165) is 9.87 Å². The van der Waals surface area contributed by atoms with Gasteiger partial charge in [0, 0.05) is 13.1 Å². The van der Waals surface area contributed by atoms with Crippen LogP contribution in [-0.4, -0.2) is 44.3 Å².